The summed E-state index contributed by atoms with van der Waals surface area (Å²) in [6.45, 7) is 3.98. The van der Waals surface area contributed by atoms with Gasteiger partial charge in [-0.1, -0.05) is 28.1 Å². The van der Waals surface area contributed by atoms with Crippen molar-refractivity contribution in [2.45, 2.75) is 19.2 Å². The smallest absolute Gasteiger partial charge is 0.336 e. The summed E-state index contributed by atoms with van der Waals surface area (Å²) < 4.78 is 5.24. The maximum Gasteiger partial charge on any atom is 0.336 e. The molecule has 0 aliphatic rings. The van der Waals surface area contributed by atoms with E-state index in [1.807, 2.05) is 26.0 Å². The van der Waals surface area contributed by atoms with Crippen molar-refractivity contribution in [3.05, 3.63) is 45.3 Å². The zero-order chi connectivity index (χ0) is 11.0. The highest BCUT2D eigenvalue weighted by molar-refractivity contribution is 9.08. The van der Waals surface area contributed by atoms with Crippen molar-refractivity contribution in [2.24, 2.45) is 0 Å². The summed E-state index contributed by atoms with van der Waals surface area (Å²) in [5, 5.41) is 1.67. The minimum Gasteiger partial charge on any atom is -0.422 e. The van der Waals surface area contributed by atoms with E-state index in [-0.39, 0.29) is 5.63 Å². The predicted molar refractivity (Wildman–Crippen MR) is 64.6 cm³/mol. The fraction of sp³-hybridized carbons (Fsp3) is 0.250. The number of benzene rings is 1. The Hall–Kier alpha value is -1.09. The van der Waals surface area contributed by atoms with Crippen molar-refractivity contribution in [1.82, 2.24) is 0 Å². The number of alkyl halides is 1. The predicted octanol–water partition coefficient (Wildman–Crippen LogP) is 3.30. The van der Waals surface area contributed by atoms with Gasteiger partial charge in [0.15, 0.2) is 0 Å². The van der Waals surface area contributed by atoms with Crippen LogP contribution in [0.25, 0.3) is 11.0 Å². The minimum absolute atomic E-state index is 0.286. The van der Waals surface area contributed by atoms with Crippen LogP contribution in [0.4, 0.5) is 0 Å². The molecule has 0 saturated carbocycles. The molecule has 2 nitrogen and oxygen atoms in total. The number of hydrogen-bond acceptors (Lipinski definition) is 2. The third kappa shape index (κ3) is 1.72. The van der Waals surface area contributed by atoms with Gasteiger partial charge in [-0.25, -0.2) is 4.79 Å². The molecule has 0 spiro atoms. The molecule has 0 atom stereocenters. The molecule has 0 aliphatic heterocycles. The Kier molecular flexibility index (Phi) is 2.65. The van der Waals surface area contributed by atoms with Crippen LogP contribution in [0.15, 0.2) is 27.4 Å². The van der Waals surface area contributed by atoms with Crippen LogP contribution in [0.2, 0.25) is 0 Å². The van der Waals surface area contributed by atoms with Crippen molar-refractivity contribution in [2.75, 3.05) is 0 Å². The molecule has 15 heavy (non-hydrogen) atoms. The fourth-order valence-electron chi connectivity index (χ4n) is 1.64. The van der Waals surface area contributed by atoms with E-state index in [0.717, 1.165) is 22.1 Å². The van der Waals surface area contributed by atoms with Crippen LogP contribution in [0.3, 0.4) is 0 Å². The highest BCUT2D eigenvalue weighted by Crippen LogP contribution is 2.24. The van der Waals surface area contributed by atoms with Gasteiger partial charge in [0.1, 0.15) is 5.58 Å². The summed E-state index contributed by atoms with van der Waals surface area (Å²) in [6, 6.07) is 5.58. The molecule has 3 heteroatoms. The van der Waals surface area contributed by atoms with E-state index in [1.165, 1.54) is 6.07 Å². The number of halogens is 1. The van der Waals surface area contributed by atoms with Gasteiger partial charge < -0.3 is 4.42 Å². The van der Waals surface area contributed by atoms with Crippen LogP contribution in [0.1, 0.15) is 16.7 Å². The van der Waals surface area contributed by atoms with Gasteiger partial charge in [-0.3, -0.25) is 0 Å². The maximum absolute atomic E-state index is 11.3. The van der Waals surface area contributed by atoms with Crippen LogP contribution in [0.5, 0.6) is 0 Å². The third-order valence-corrected chi connectivity index (χ3v) is 3.27. The Labute approximate surface area is 96.0 Å². The van der Waals surface area contributed by atoms with E-state index in [4.69, 9.17) is 4.42 Å². The molecule has 0 unspecified atom stereocenters. The van der Waals surface area contributed by atoms with Crippen molar-refractivity contribution in [3.8, 4) is 0 Å². The molecule has 2 aromatic rings. The Morgan fingerprint density at radius 3 is 2.73 bits per heavy atom. The van der Waals surface area contributed by atoms with Crippen LogP contribution >= 0.6 is 15.9 Å². The molecule has 0 saturated heterocycles. The molecule has 0 N–H and O–H groups in total. The maximum atomic E-state index is 11.3. The second-order valence-electron chi connectivity index (χ2n) is 3.61. The highest BCUT2D eigenvalue weighted by atomic mass is 79.9. The first-order chi connectivity index (χ1) is 7.13. The van der Waals surface area contributed by atoms with E-state index in [0.29, 0.717) is 10.9 Å². The first-order valence-corrected chi connectivity index (χ1v) is 5.84. The lowest BCUT2D eigenvalue weighted by Gasteiger charge is -2.06. The molecule has 78 valence electrons. The van der Waals surface area contributed by atoms with Gasteiger partial charge in [0.25, 0.3) is 0 Å². The number of aryl methyl sites for hydroxylation is 2. The van der Waals surface area contributed by atoms with Gasteiger partial charge in [-0.15, -0.1) is 0 Å². The van der Waals surface area contributed by atoms with E-state index >= 15 is 0 Å². The van der Waals surface area contributed by atoms with Gasteiger partial charge in [0.05, 0.1) is 0 Å². The topological polar surface area (TPSA) is 30.2 Å². The molecule has 2 rings (SSSR count). The average Bonchev–Trinajstić information content (AvgIpc) is 2.23. The Bertz CT molecular complexity index is 570. The van der Waals surface area contributed by atoms with Gasteiger partial charge in [0.2, 0.25) is 0 Å². The normalized spacial score (nSPS) is 10.9. The summed E-state index contributed by atoms with van der Waals surface area (Å²) in [5.74, 6) is 0. The molecule has 0 radical (unpaired) electrons. The number of rotatable bonds is 1. The molecule has 0 aliphatic carbocycles. The lowest BCUT2D eigenvalue weighted by molar-refractivity contribution is 0.557. The van der Waals surface area contributed by atoms with Crippen molar-refractivity contribution >= 4 is 26.9 Å². The average molecular weight is 267 g/mol. The lowest BCUT2D eigenvalue weighted by Crippen LogP contribution is -2.00. The monoisotopic (exact) mass is 266 g/mol. The van der Waals surface area contributed by atoms with Crippen molar-refractivity contribution in [1.29, 1.82) is 0 Å². The first-order valence-electron chi connectivity index (χ1n) is 4.72. The van der Waals surface area contributed by atoms with Crippen LogP contribution < -0.4 is 5.63 Å². The largest absolute Gasteiger partial charge is 0.422 e. The molecular weight excluding hydrogens is 256 g/mol. The Balaban J connectivity index is 2.96. The van der Waals surface area contributed by atoms with E-state index in [1.54, 1.807) is 0 Å². The fourth-order valence-corrected chi connectivity index (χ4v) is 2.10. The molecule has 0 bridgehead atoms. The highest BCUT2D eigenvalue weighted by Gasteiger charge is 2.07. The second-order valence-corrected chi connectivity index (χ2v) is 4.17. The molecular formula is C12H11BrO2. The van der Waals surface area contributed by atoms with E-state index < -0.39 is 0 Å². The van der Waals surface area contributed by atoms with Gasteiger partial charge in [-0.2, -0.15) is 0 Å². The molecule has 1 aromatic heterocycles. The van der Waals surface area contributed by atoms with Crippen LogP contribution in [0, 0.1) is 13.8 Å². The summed E-state index contributed by atoms with van der Waals surface area (Å²) in [5.41, 5.74) is 3.57. The molecule has 0 amide bonds. The van der Waals surface area contributed by atoms with Crippen LogP contribution in [-0.4, -0.2) is 0 Å². The number of hydrogen-bond donors (Lipinski definition) is 0. The van der Waals surface area contributed by atoms with Crippen molar-refractivity contribution in [3.63, 3.8) is 0 Å². The zero-order valence-corrected chi connectivity index (χ0v) is 10.2. The second kappa shape index (κ2) is 3.81. The van der Waals surface area contributed by atoms with Gasteiger partial charge in [0, 0.05) is 16.8 Å². The summed E-state index contributed by atoms with van der Waals surface area (Å²) >= 11 is 3.38. The summed E-state index contributed by atoms with van der Waals surface area (Å²) in [7, 11) is 0. The SMILES string of the molecule is Cc1ccc2c(CBr)cc(=O)oc2c1C. The summed E-state index contributed by atoms with van der Waals surface area (Å²) in [6.07, 6.45) is 0. The molecule has 0 fully saturated rings. The third-order valence-electron chi connectivity index (χ3n) is 2.66. The first kappa shape index (κ1) is 10.4. The Morgan fingerprint density at radius 2 is 2.07 bits per heavy atom. The van der Waals surface area contributed by atoms with Gasteiger partial charge in [-0.05, 0) is 30.5 Å². The number of fused-ring (bicyclic) bond motifs is 1. The minimum atomic E-state index is -0.286. The van der Waals surface area contributed by atoms with Crippen LogP contribution in [-0.2, 0) is 5.33 Å². The van der Waals surface area contributed by atoms with Gasteiger partial charge >= 0.3 is 5.63 Å². The van der Waals surface area contributed by atoms with E-state index in [9.17, 15) is 4.79 Å². The zero-order valence-electron chi connectivity index (χ0n) is 8.63. The standard InChI is InChI=1S/C12H11BrO2/c1-7-3-4-10-9(6-13)5-11(14)15-12(10)8(7)2/h3-5H,6H2,1-2H3. The summed E-state index contributed by atoms with van der Waals surface area (Å²) in [4.78, 5) is 11.3. The quantitative estimate of drug-likeness (QED) is 0.586. The van der Waals surface area contributed by atoms with Crippen molar-refractivity contribution < 1.29 is 4.42 Å². The molecule has 1 aromatic carbocycles. The lowest BCUT2D eigenvalue weighted by atomic mass is 10.0. The molecule has 1 heterocycles. The Morgan fingerprint density at radius 1 is 1.33 bits per heavy atom. The van der Waals surface area contributed by atoms with E-state index in [2.05, 4.69) is 15.9 Å².